The molecule has 2 aliphatic heterocycles. The van der Waals surface area contributed by atoms with Crippen molar-refractivity contribution in [1.82, 2.24) is 14.8 Å². The molecular formula is C24H30N4O4. The first-order valence-corrected chi connectivity index (χ1v) is 11.1. The lowest BCUT2D eigenvalue weighted by molar-refractivity contribution is 0.0378. The molecule has 0 bridgehead atoms. The third kappa shape index (κ3) is 5.02. The number of carboxylic acid groups (broad SMARTS) is 1. The van der Waals surface area contributed by atoms with Crippen molar-refractivity contribution in [1.29, 1.82) is 0 Å². The molecule has 0 atom stereocenters. The second kappa shape index (κ2) is 9.56. The summed E-state index contributed by atoms with van der Waals surface area (Å²) in [5, 5.41) is 9.21. The van der Waals surface area contributed by atoms with E-state index in [0.29, 0.717) is 24.5 Å². The van der Waals surface area contributed by atoms with Crippen molar-refractivity contribution < 1.29 is 19.4 Å². The number of piperazine rings is 1. The monoisotopic (exact) mass is 438 g/mol. The van der Waals surface area contributed by atoms with Crippen LogP contribution in [0.3, 0.4) is 0 Å². The molecule has 0 spiro atoms. The van der Waals surface area contributed by atoms with Gasteiger partial charge in [0.2, 0.25) is 0 Å². The van der Waals surface area contributed by atoms with Crippen molar-refractivity contribution in [3.63, 3.8) is 0 Å². The van der Waals surface area contributed by atoms with E-state index in [-0.39, 0.29) is 12.1 Å². The summed E-state index contributed by atoms with van der Waals surface area (Å²) >= 11 is 0. The normalized spacial score (nSPS) is 16.7. The molecule has 0 unspecified atom stereocenters. The van der Waals surface area contributed by atoms with Gasteiger partial charge in [-0.2, -0.15) is 0 Å². The van der Waals surface area contributed by atoms with E-state index in [9.17, 15) is 14.7 Å². The van der Waals surface area contributed by atoms with Crippen LogP contribution in [0.2, 0.25) is 0 Å². The smallest absolute Gasteiger partial charge is 0.407 e. The molecule has 4 rings (SSSR count). The molecule has 8 nitrogen and oxygen atoms in total. The Morgan fingerprint density at radius 3 is 2.59 bits per heavy atom. The van der Waals surface area contributed by atoms with Gasteiger partial charge in [-0.3, -0.25) is 4.90 Å². The lowest BCUT2D eigenvalue weighted by Crippen LogP contribution is -2.46. The van der Waals surface area contributed by atoms with Crippen LogP contribution in [0.15, 0.2) is 36.5 Å². The van der Waals surface area contributed by atoms with Crippen LogP contribution in [-0.4, -0.2) is 70.8 Å². The fourth-order valence-electron chi connectivity index (χ4n) is 4.33. The van der Waals surface area contributed by atoms with Gasteiger partial charge in [0, 0.05) is 52.0 Å². The van der Waals surface area contributed by atoms with Crippen LogP contribution in [-0.2, 0) is 24.2 Å². The highest BCUT2D eigenvalue weighted by Gasteiger charge is 2.24. The number of anilines is 1. The molecule has 3 heterocycles. The van der Waals surface area contributed by atoms with Gasteiger partial charge >= 0.3 is 12.1 Å². The van der Waals surface area contributed by atoms with Crippen LogP contribution >= 0.6 is 0 Å². The number of benzene rings is 1. The number of amides is 1. The van der Waals surface area contributed by atoms with Gasteiger partial charge in [0.1, 0.15) is 11.4 Å². The van der Waals surface area contributed by atoms with Crippen molar-refractivity contribution in [2.45, 2.75) is 39.5 Å². The summed E-state index contributed by atoms with van der Waals surface area (Å²) in [6.07, 6.45) is 1.45. The number of nitrogens with zero attached hydrogens (tertiary/aromatic N) is 4. The number of rotatable bonds is 5. The third-order valence-corrected chi connectivity index (χ3v) is 5.98. The van der Waals surface area contributed by atoms with Crippen molar-refractivity contribution in [3.8, 4) is 0 Å². The molecule has 0 saturated carbocycles. The molecule has 1 aromatic carbocycles. The Morgan fingerprint density at radius 2 is 1.88 bits per heavy atom. The van der Waals surface area contributed by atoms with Crippen LogP contribution < -0.4 is 4.90 Å². The Kier molecular flexibility index (Phi) is 6.60. The fraction of sp³-hybridized carbons (Fsp3) is 0.458. The summed E-state index contributed by atoms with van der Waals surface area (Å²) in [7, 11) is 0. The number of esters is 1. The van der Waals surface area contributed by atoms with Gasteiger partial charge in [0.25, 0.3) is 0 Å². The molecule has 2 aliphatic rings. The molecule has 170 valence electrons. The average molecular weight is 439 g/mol. The fourth-order valence-corrected chi connectivity index (χ4v) is 4.33. The van der Waals surface area contributed by atoms with Crippen LogP contribution in [0.25, 0.3) is 0 Å². The van der Waals surface area contributed by atoms with Gasteiger partial charge in [-0.1, -0.05) is 18.2 Å². The minimum absolute atomic E-state index is 0.170. The van der Waals surface area contributed by atoms with Gasteiger partial charge in [-0.15, -0.1) is 0 Å². The summed E-state index contributed by atoms with van der Waals surface area (Å²) in [6.45, 7) is 8.89. The zero-order valence-corrected chi connectivity index (χ0v) is 18.7. The minimum Gasteiger partial charge on any atom is -0.465 e. The van der Waals surface area contributed by atoms with E-state index in [1.54, 1.807) is 18.3 Å². The highest BCUT2D eigenvalue weighted by molar-refractivity contribution is 5.94. The molecule has 1 amide bonds. The SMILES string of the molecule is CC(C)OC(=O)c1cccnc1N1CCN(Cc2ccc3c(c2)CCN(C(=O)O)C3)CC1. The standard InChI is InChI=1S/C24H30N4O4/c1-17(2)32-23(29)21-4-3-8-25-22(21)27-12-10-26(11-13-27)15-18-5-6-20-16-28(24(30)31)9-7-19(20)14-18/h3-6,8,14,17H,7,9-13,15-16H2,1-2H3,(H,30,31). The van der Waals surface area contributed by atoms with Crippen molar-refractivity contribution in [3.05, 3.63) is 58.8 Å². The predicted octanol–water partition coefficient (Wildman–Crippen LogP) is 3.01. The lowest BCUT2D eigenvalue weighted by Gasteiger charge is -2.36. The van der Waals surface area contributed by atoms with Gasteiger partial charge in [0.05, 0.1) is 6.10 Å². The largest absolute Gasteiger partial charge is 0.465 e. The number of fused-ring (bicyclic) bond motifs is 1. The average Bonchev–Trinajstić information content (AvgIpc) is 2.78. The topological polar surface area (TPSA) is 86.2 Å². The predicted molar refractivity (Wildman–Crippen MR) is 121 cm³/mol. The first-order chi connectivity index (χ1) is 15.4. The Balaban J connectivity index is 1.36. The van der Waals surface area contributed by atoms with Crippen molar-refractivity contribution in [2.75, 3.05) is 37.6 Å². The van der Waals surface area contributed by atoms with E-state index in [0.717, 1.165) is 44.7 Å². The second-order valence-electron chi connectivity index (χ2n) is 8.65. The van der Waals surface area contributed by atoms with Gasteiger partial charge in [-0.05, 0) is 49.1 Å². The number of hydrogen-bond acceptors (Lipinski definition) is 6. The summed E-state index contributed by atoms with van der Waals surface area (Å²) in [5.41, 5.74) is 4.11. The Hall–Kier alpha value is -3.13. The van der Waals surface area contributed by atoms with Crippen molar-refractivity contribution in [2.24, 2.45) is 0 Å². The number of carbonyl (C=O) groups excluding carboxylic acids is 1. The minimum atomic E-state index is -0.855. The molecule has 32 heavy (non-hydrogen) atoms. The van der Waals surface area contributed by atoms with Gasteiger partial charge < -0.3 is 19.6 Å². The van der Waals surface area contributed by atoms with Crippen molar-refractivity contribution >= 4 is 17.9 Å². The number of carbonyl (C=O) groups is 2. The number of aromatic nitrogens is 1. The molecule has 0 radical (unpaired) electrons. The van der Waals surface area contributed by atoms with E-state index in [4.69, 9.17) is 4.74 Å². The van der Waals surface area contributed by atoms with Crippen LogP contribution in [0.5, 0.6) is 0 Å². The lowest BCUT2D eigenvalue weighted by atomic mass is 9.97. The van der Waals surface area contributed by atoms with E-state index in [2.05, 4.69) is 33.0 Å². The zero-order valence-electron chi connectivity index (χ0n) is 18.7. The van der Waals surface area contributed by atoms with Gasteiger partial charge in [0.15, 0.2) is 0 Å². The highest BCUT2D eigenvalue weighted by atomic mass is 16.5. The molecule has 1 saturated heterocycles. The van der Waals surface area contributed by atoms with E-state index in [1.165, 1.54) is 16.0 Å². The Morgan fingerprint density at radius 1 is 1.09 bits per heavy atom. The maximum Gasteiger partial charge on any atom is 0.407 e. The third-order valence-electron chi connectivity index (χ3n) is 5.98. The number of hydrogen-bond donors (Lipinski definition) is 1. The molecule has 1 fully saturated rings. The molecule has 1 aromatic heterocycles. The molecule has 8 heteroatoms. The molecule has 0 aliphatic carbocycles. The summed E-state index contributed by atoms with van der Waals surface area (Å²) in [5.74, 6) is 0.357. The van der Waals surface area contributed by atoms with E-state index < -0.39 is 6.09 Å². The number of pyridine rings is 1. The Bertz CT molecular complexity index is 986. The van der Waals surface area contributed by atoms with E-state index >= 15 is 0 Å². The summed E-state index contributed by atoms with van der Waals surface area (Å²) < 4.78 is 5.38. The highest BCUT2D eigenvalue weighted by Crippen LogP contribution is 2.23. The maximum atomic E-state index is 12.5. The first-order valence-electron chi connectivity index (χ1n) is 11.1. The quantitative estimate of drug-likeness (QED) is 0.718. The molecule has 1 N–H and O–H groups in total. The first kappa shape index (κ1) is 22.1. The van der Waals surface area contributed by atoms with Crippen LogP contribution in [0, 0.1) is 0 Å². The summed E-state index contributed by atoms with van der Waals surface area (Å²) in [4.78, 5) is 34.2. The van der Waals surface area contributed by atoms with Crippen LogP contribution in [0.4, 0.5) is 10.6 Å². The van der Waals surface area contributed by atoms with E-state index in [1.807, 2.05) is 13.8 Å². The zero-order chi connectivity index (χ0) is 22.7. The second-order valence-corrected chi connectivity index (χ2v) is 8.65. The molecular weight excluding hydrogens is 408 g/mol. The Labute approximate surface area is 188 Å². The molecule has 2 aromatic rings. The van der Waals surface area contributed by atoms with Crippen LogP contribution in [0.1, 0.15) is 40.9 Å². The number of ether oxygens (including phenoxy) is 1. The van der Waals surface area contributed by atoms with Gasteiger partial charge in [-0.25, -0.2) is 14.6 Å². The summed E-state index contributed by atoms with van der Waals surface area (Å²) in [6, 6.07) is 9.94. The maximum absolute atomic E-state index is 12.5.